The maximum Gasteiger partial charge on any atom is 0.343 e. The standard InChI is InChI=1S/C14H11Cl2FN2O2/c1-3-21-14(20)10-7(2)18-13(19-12(10)16)11-8(15)5-4-6-9(11)17/h4-6H,3H2,1-2H3. The topological polar surface area (TPSA) is 52.1 Å². The normalized spacial score (nSPS) is 10.5. The van der Waals surface area contributed by atoms with Gasteiger partial charge in [-0.1, -0.05) is 29.3 Å². The van der Waals surface area contributed by atoms with Crippen LogP contribution in [0.15, 0.2) is 18.2 Å². The summed E-state index contributed by atoms with van der Waals surface area (Å²) in [6.07, 6.45) is 0. The van der Waals surface area contributed by atoms with E-state index in [0.717, 1.165) is 0 Å². The molecule has 21 heavy (non-hydrogen) atoms. The molecule has 1 heterocycles. The number of carbonyl (C=O) groups excluding carboxylic acids is 1. The third-order valence-corrected chi connectivity index (χ3v) is 3.30. The van der Waals surface area contributed by atoms with Crippen LogP contribution in [-0.2, 0) is 4.74 Å². The van der Waals surface area contributed by atoms with Crippen molar-refractivity contribution in [2.24, 2.45) is 0 Å². The molecule has 0 unspecified atom stereocenters. The molecule has 0 aliphatic rings. The summed E-state index contributed by atoms with van der Waals surface area (Å²) in [5, 5.41) is 0.0598. The molecule has 0 spiro atoms. The van der Waals surface area contributed by atoms with E-state index < -0.39 is 11.8 Å². The van der Waals surface area contributed by atoms with Crippen LogP contribution in [0, 0.1) is 12.7 Å². The number of rotatable bonds is 3. The number of ether oxygens (including phenoxy) is 1. The number of carbonyl (C=O) groups is 1. The Morgan fingerprint density at radius 3 is 2.62 bits per heavy atom. The Morgan fingerprint density at radius 2 is 2.05 bits per heavy atom. The second-order valence-electron chi connectivity index (χ2n) is 4.12. The van der Waals surface area contributed by atoms with Gasteiger partial charge < -0.3 is 4.74 Å². The van der Waals surface area contributed by atoms with E-state index in [1.807, 2.05) is 0 Å². The van der Waals surface area contributed by atoms with Crippen molar-refractivity contribution in [3.63, 3.8) is 0 Å². The van der Waals surface area contributed by atoms with E-state index in [2.05, 4.69) is 9.97 Å². The van der Waals surface area contributed by atoms with Gasteiger partial charge in [0.25, 0.3) is 0 Å². The third kappa shape index (κ3) is 3.14. The average molecular weight is 329 g/mol. The minimum atomic E-state index is -0.619. The van der Waals surface area contributed by atoms with E-state index in [4.69, 9.17) is 27.9 Å². The van der Waals surface area contributed by atoms with Crippen molar-refractivity contribution >= 4 is 29.2 Å². The highest BCUT2D eigenvalue weighted by molar-refractivity contribution is 6.34. The van der Waals surface area contributed by atoms with Crippen molar-refractivity contribution in [1.82, 2.24) is 9.97 Å². The van der Waals surface area contributed by atoms with Crippen molar-refractivity contribution in [3.05, 3.63) is 45.4 Å². The van der Waals surface area contributed by atoms with Crippen LogP contribution >= 0.6 is 23.2 Å². The maximum absolute atomic E-state index is 13.9. The zero-order valence-corrected chi connectivity index (χ0v) is 12.8. The van der Waals surface area contributed by atoms with E-state index >= 15 is 0 Å². The van der Waals surface area contributed by atoms with Gasteiger partial charge in [0.2, 0.25) is 0 Å². The average Bonchev–Trinajstić information content (AvgIpc) is 2.38. The van der Waals surface area contributed by atoms with E-state index in [-0.39, 0.29) is 33.7 Å². The van der Waals surface area contributed by atoms with Gasteiger partial charge in [0.15, 0.2) is 5.82 Å². The smallest absolute Gasteiger partial charge is 0.343 e. The van der Waals surface area contributed by atoms with E-state index in [9.17, 15) is 9.18 Å². The quantitative estimate of drug-likeness (QED) is 0.629. The molecule has 0 aliphatic carbocycles. The fourth-order valence-corrected chi connectivity index (χ4v) is 2.34. The fraction of sp³-hybridized carbons (Fsp3) is 0.214. The minimum absolute atomic E-state index is 0.0219. The lowest BCUT2D eigenvalue weighted by Crippen LogP contribution is -2.11. The molecule has 0 bridgehead atoms. The van der Waals surface area contributed by atoms with Gasteiger partial charge in [-0.15, -0.1) is 0 Å². The Bertz CT molecular complexity index is 664. The number of hydrogen-bond acceptors (Lipinski definition) is 4. The Kier molecular flexibility index (Phi) is 4.75. The van der Waals surface area contributed by atoms with Crippen molar-refractivity contribution in [1.29, 1.82) is 0 Å². The van der Waals surface area contributed by atoms with Crippen LogP contribution in [0.25, 0.3) is 11.4 Å². The van der Waals surface area contributed by atoms with Gasteiger partial charge in [-0.2, -0.15) is 0 Å². The molecule has 1 aromatic heterocycles. The van der Waals surface area contributed by atoms with E-state index in [0.29, 0.717) is 5.69 Å². The summed E-state index contributed by atoms with van der Waals surface area (Å²) < 4.78 is 18.8. The molecule has 0 saturated heterocycles. The molecule has 0 aliphatic heterocycles. The van der Waals surface area contributed by atoms with Gasteiger partial charge in [0.1, 0.15) is 16.5 Å². The summed E-state index contributed by atoms with van der Waals surface area (Å²) in [7, 11) is 0. The summed E-state index contributed by atoms with van der Waals surface area (Å²) in [4.78, 5) is 19.8. The molecule has 1 aromatic carbocycles. The molecule has 0 atom stereocenters. The number of halogens is 3. The van der Waals surface area contributed by atoms with Crippen molar-refractivity contribution in [2.45, 2.75) is 13.8 Å². The van der Waals surface area contributed by atoms with Crippen molar-refractivity contribution < 1.29 is 13.9 Å². The first-order chi connectivity index (χ1) is 9.95. The first kappa shape index (κ1) is 15.7. The van der Waals surface area contributed by atoms with Gasteiger partial charge in [-0.3, -0.25) is 0 Å². The second kappa shape index (κ2) is 6.37. The Labute approximate surface area is 130 Å². The van der Waals surface area contributed by atoms with Gasteiger partial charge in [-0.25, -0.2) is 19.2 Å². The SMILES string of the molecule is CCOC(=O)c1c(C)nc(-c2c(F)cccc2Cl)nc1Cl. The summed E-state index contributed by atoms with van der Waals surface area (Å²) in [6, 6.07) is 4.24. The predicted molar refractivity (Wildman–Crippen MR) is 78.1 cm³/mol. The highest BCUT2D eigenvalue weighted by Crippen LogP contribution is 2.30. The van der Waals surface area contributed by atoms with Gasteiger partial charge in [0, 0.05) is 0 Å². The lowest BCUT2D eigenvalue weighted by molar-refractivity contribution is 0.0524. The number of aryl methyl sites for hydroxylation is 1. The highest BCUT2D eigenvalue weighted by atomic mass is 35.5. The summed E-state index contributed by atoms with van der Waals surface area (Å²) in [5.41, 5.74) is 0.400. The number of hydrogen-bond donors (Lipinski definition) is 0. The fourth-order valence-electron chi connectivity index (χ4n) is 1.80. The van der Waals surface area contributed by atoms with E-state index in [1.165, 1.54) is 18.2 Å². The third-order valence-electron chi connectivity index (χ3n) is 2.71. The van der Waals surface area contributed by atoms with Crippen LogP contribution in [0.4, 0.5) is 4.39 Å². The molecular formula is C14H11Cl2FN2O2. The lowest BCUT2D eigenvalue weighted by atomic mass is 10.1. The van der Waals surface area contributed by atoms with Crippen LogP contribution < -0.4 is 0 Å². The monoisotopic (exact) mass is 328 g/mol. The molecule has 4 nitrogen and oxygen atoms in total. The number of nitrogens with zero attached hydrogens (tertiary/aromatic N) is 2. The number of aromatic nitrogens is 2. The molecular weight excluding hydrogens is 318 g/mol. The van der Waals surface area contributed by atoms with Crippen LogP contribution in [0.5, 0.6) is 0 Å². The Morgan fingerprint density at radius 1 is 1.33 bits per heavy atom. The molecule has 7 heteroatoms. The van der Waals surface area contributed by atoms with Crippen molar-refractivity contribution in [2.75, 3.05) is 6.61 Å². The first-order valence-corrected chi connectivity index (χ1v) is 6.87. The van der Waals surface area contributed by atoms with Crippen LogP contribution in [0.1, 0.15) is 23.0 Å². The maximum atomic E-state index is 13.9. The molecule has 0 fully saturated rings. The zero-order chi connectivity index (χ0) is 15.6. The molecule has 0 radical (unpaired) electrons. The summed E-state index contributed by atoms with van der Waals surface area (Å²) >= 11 is 12.0. The zero-order valence-electron chi connectivity index (χ0n) is 11.3. The molecule has 0 amide bonds. The lowest BCUT2D eigenvalue weighted by Gasteiger charge is -2.10. The highest BCUT2D eigenvalue weighted by Gasteiger charge is 2.21. The largest absolute Gasteiger partial charge is 0.462 e. The summed E-state index contributed by atoms with van der Waals surface area (Å²) in [6.45, 7) is 3.45. The van der Waals surface area contributed by atoms with Crippen LogP contribution in [0.2, 0.25) is 10.2 Å². The predicted octanol–water partition coefficient (Wildman–Crippen LogP) is 4.07. The van der Waals surface area contributed by atoms with Gasteiger partial charge in [0.05, 0.1) is 22.9 Å². The van der Waals surface area contributed by atoms with E-state index in [1.54, 1.807) is 13.8 Å². The number of esters is 1. The van der Waals surface area contributed by atoms with Crippen LogP contribution in [0.3, 0.4) is 0 Å². The minimum Gasteiger partial charge on any atom is -0.462 e. The second-order valence-corrected chi connectivity index (χ2v) is 4.88. The molecule has 2 aromatic rings. The molecule has 0 saturated carbocycles. The summed E-state index contributed by atoms with van der Waals surface area (Å²) in [5.74, 6) is -1.17. The van der Waals surface area contributed by atoms with Gasteiger partial charge >= 0.3 is 5.97 Å². The Hall–Kier alpha value is -1.72. The number of benzene rings is 1. The van der Waals surface area contributed by atoms with Gasteiger partial charge in [-0.05, 0) is 26.0 Å². The molecule has 110 valence electrons. The van der Waals surface area contributed by atoms with Crippen molar-refractivity contribution in [3.8, 4) is 11.4 Å². The molecule has 0 N–H and O–H groups in total. The van der Waals surface area contributed by atoms with Crippen LogP contribution in [-0.4, -0.2) is 22.5 Å². The molecule has 2 rings (SSSR count). The Balaban J connectivity index is 2.57. The first-order valence-electron chi connectivity index (χ1n) is 6.11.